The van der Waals surface area contributed by atoms with Gasteiger partial charge in [-0.15, -0.1) is 0 Å². The molecule has 0 atom stereocenters. The highest BCUT2D eigenvalue weighted by Crippen LogP contribution is 2.34. The van der Waals surface area contributed by atoms with Gasteiger partial charge in [0.1, 0.15) is 12.3 Å². The number of hydrogen-bond acceptors (Lipinski definition) is 5. The monoisotopic (exact) mass is 614 g/mol. The van der Waals surface area contributed by atoms with Crippen molar-refractivity contribution in [2.45, 2.75) is 13.8 Å². The number of nitrogens with zero attached hydrogens (tertiary/aromatic N) is 1. The molecule has 1 aliphatic rings. The molecule has 0 aliphatic carbocycles. The van der Waals surface area contributed by atoms with E-state index >= 15 is 0 Å². The van der Waals surface area contributed by atoms with Gasteiger partial charge in [0.15, 0.2) is 0 Å². The van der Waals surface area contributed by atoms with E-state index in [0.29, 0.717) is 24.0 Å². The van der Waals surface area contributed by atoms with Crippen molar-refractivity contribution >= 4 is 79.1 Å². The molecule has 0 bridgehead atoms. The third kappa shape index (κ3) is 6.56. The van der Waals surface area contributed by atoms with Crippen LogP contribution in [0.1, 0.15) is 19.4 Å². The zero-order valence-electron chi connectivity index (χ0n) is 16.9. The second-order valence-corrected chi connectivity index (χ2v) is 10.3. The van der Waals surface area contributed by atoms with E-state index in [4.69, 9.17) is 4.74 Å². The number of ether oxygens (including phenoxy) is 1. The summed E-state index contributed by atoms with van der Waals surface area (Å²) in [6, 6.07) is 12.7. The SMILES string of the molecule is CC(C)COc1ccc(/C=C2/SC(=O)N(CC(=O)Nc3ccc(I)cc3)C2=O)cc1Br. The quantitative estimate of drug-likeness (QED) is 0.317. The van der Waals surface area contributed by atoms with Crippen LogP contribution in [0, 0.1) is 9.49 Å². The van der Waals surface area contributed by atoms with E-state index in [1.807, 2.05) is 30.3 Å². The van der Waals surface area contributed by atoms with Crippen LogP contribution in [0.25, 0.3) is 6.08 Å². The number of hydrogen-bond donors (Lipinski definition) is 1. The Kier molecular flexibility index (Phi) is 8.17. The number of carbonyl (C=O) groups excluding carboxylic acids is 3. The Morgan fingerprint density at radius 1 is 1.23 bits per heavy atom. The summed E-state index contributed by atoms with van der Waals surface area (Å²) in [6.07, 6.45) is 1.64. The van der Waals surface area contributed by atoms with Gasteiger partial charge in [-0.2, -0.15) is 0 Å². The van der Waals surface area contributed by atoms with E-state index in [2.05, 4.69) is 57.7 Å². The van der Waals surface area contributed by atoms with Crippen LogP contribution in [-0.4, -0.2) is 35.1 Å². The highest BCUT2D eigenvalue weighted by Gasteiger charge is 2.36. The van der Waals surface area contributed by atoms with Crippen LogP contribution in [-0.2, 0) is 9.59 Å². The van der Waals surface area contributed by atoms with Gasteiger partial charge in [-0.1, -0.05) is 19.9 Å². The van der Waals surface area contributed by atoms with Crippen molar-refractivity contribution in [1.29, 1.82) is 0 Å². The number of anilines is 1. The van der Waals surface area contributed by atoms with E-state index in [-0.39, 0.29) is 11.4 Å². The number of carbonyl (C=O) groups is 3. The molecule has 1 aliphatic heterocycles. The molecule has 2 aromatic carbocycles. The zero-order valence-corrected chi connectivity index (χ0v) is 21.4. The predicted octanol–water partition coefficient (Wildman–Crippen LogP) is 5.76. The molecule has 2 aromatic rings. The first-order valence-electron chi connectivity index (χ1n) is 9.46. The van der Waals surface area contributed by atoms with Crippen molar-refractivity contribution in [3.05, 3.63) is 61.0 Å². The van der Waals surface area contributed by atoms with Crippen molar-refractivity contribution in [3.63, 3.8) is 0 Å². The molecule has 1 saturated heterocycles. The molecular formula is C22H20BrIN2O4S. The lowest BCUT2D eigenvalue weighted by Gasteiger charge is -2.12. The average Bonchev–Trinajstić information content (AvgIpc) is 2.96. The molecule has 0 unspecified atom stereocenters. The standard InChI is InChI=1S/C22H20BrIN2O4S/c1-13(2)12-30-18-8-3-14(9-17(18)23)10-19-21(28)26(22(29)31-19)11-20(27)25-16-6-4-15(24)5-7-16/h3-10,13H,11-12H2,1-2H3,(H,25,27)/b19-10+. The van der Waals surface area contributed by atoms with Gasteiger partial charge in [-0.05, 0) is 104 Å². The number of nitrogens with one attached hydrogen (secondary N) is 1. The molecule has 9 heteroatoms. The molecule has 0 radical (unpaired) electrons. The molecule has 31 heavy (non-hydrogen) atoms. The first-order chi connectivity index (χ1) is 14.7. The Balaban J connectivity index is 1.66. The number of benzene rings is 2. The van der Waals surface area contributed by atoms with Gasteiger partial charge in [-0.25, -0.2) is 0 Å². The van der Waals surface area contributed by atoms with Crippen molar-refractivity contribution in [2.75, 3.05) is 18.5 Å². The van der Waals surface area contributed by atoms with E-state index in [9.17, 15) is 14.4 Å². The number of halogens is 2. The summed E-state index contributed by atoms with van der Waals surface area (Å²) in [6.45, 7) is 4.40. The summed E-state index contributed by atoms with van der Waals surface area (Å²) in [5.41, 5.74) is 1.36. The van der Waals surface area contributed by atoms with Crippen LogP contribution < -0.4 is 10.1 Å². The molecule has 6 nitrogen and oxygen atoms in total. The van der Waals surface area contributed by atoms with E-state index in [1.54, 1.807) is 18.2 Å². The highest BCUT2D eigenvalue weighted by atomic mass is 127. The summed E-state index contributed by atoms with van der Waals surface area (Å²) in [7, 11) is 0. The van der Waals surface area contributed by atoms with Crippen LogP contribution in [0.5, 0.6) is 5.75 Å². The molecule has 3 amide bonds. The predicted molar refractivity (Wildman–Crippen MR) is 135 cm³/mol. The third-order valence-corrected chi connectivity index (χ3v) is 6.38. The fourth-order valence-electron chi connectivity index (χ4n) is 2.65. The Bertz CT molecular complexity index is 1040. The highest BCUT2D eigenvalue weighted by molar-refractivity contribution is 14.1. The van der Waals surface area contributed by atoms with E-state index in [0.717, 1.165) is 30.3 Å². The van der Waals surface area contributed by atoms with Crippen LogP contribution >= 0.6 is 50.3 Å². The van der Waals surface area contributed by atoms with Crippen molar-refractivity contribution in [1.82, 2.24) is 4.90 Å². The molecule has 0 saturated carbocycles. The molecule has 1 N–H and O–H groups in total. The van der Waals surface area contributed by atoms with E-state index < -0.39 is 17.1 Å². The van der Waals surface area contributed by atoms with Gasteiger partial charge in [0, 0.05) is 9.26 Å². The molecule has 3 rings (SSSR count). The maximum atomic E-state index is 12.7. The molecule has 1 fully saturated rings. The van der Waals surface area contributed by atoms with Crippen molar-refractivity contribution < 1.29 is 19.1 Å². The van der Waals surface area contributed by atoms with Crippen LogP contribution in [0.2, 0.25) is 0 Å². The first-order valence-corrected chi connectivity index (χ1v) is 12.1. The number of amides is 3. The lowest BCUT2D eigenvalue weighted by atomic mass is 10.2. The molecule has 162 valence electrons. The average molecular weight is 615 g/mol. The lowest BCUT2D eigenvalue weighted by molar-refractivity contribution is -0.127. The van der Waals surface area contributed by atoms with Crippen molar-refractivity contribution in [3.8, 4) is 5.75 Å². The number of imide groups is 1. The minimum Gasteiger partial charge on any atom is -0.492 e. The maximum absolute atomic E-state index is 12.7. The van der Waals surface area contributed by atoms with Crippen LogP contribution in [0.3, 0.4) is 0 Å². The molecule has 0 aromatic heterocycles. The Morgan fingerprint density at radius 3 is 2.58 bits per heavy atom. The lowest BCUT2D eigenvalue weighted by Crippen LogP contribution is -2.36. The molecule has 0 spiro atoms. The third-order valence-electron chi connectivity index (χ3n) is 4.13. The minimum atomic E-state index is -0.482. The fourth-order valence-corrected chi connectivity index (χ4v) is 4.35. The summed E-state index contributed by atoms with van der Waals surface area (Å²) >= 11 is 6.47. The normalized spacial score (nSPS) is 15.1. The Hall–Kier alpha value is -1.85. The van der Waals surface area contributed by atoms with Gasteiger partial charge in [0.2, 0.25) is 5.91 Å². The Morgan fingerprint density at radius 2 is 1.94 bits per heavy atom. The summed E-state index contributed by atoms with van der Waals surface area (Å²) in [5.74, 6) is 0.204. The van der Waals surface area contributed by atoms with Gasteiger partial charge in [-0.3, -0.25) is 19.3 Å². The molecule has 1 heterocycles. The number of rotatable bonds is 7. The topological polar surface area (TPSA) is 75.7 Å². The first kappa shape index (κ1) is 23.8. The maximum Gasteiger partial charge on any atom is 0.294 e. The van der Waals surface area contributed by atoms with Gasteiger partial charge in [0.25, 0.3) is 11.1 Å². The van der Waals surface area contributed by atoms with E-state index in [1.165, 1.54) is 0 Å². The van der Waals surface area contributed by atoms with Crippen LogP contribution in [0.4, 0.5) is 10.5 Å². The number of thioether (sulfide) groups is 1. The van der Waals surface area contributed by atoms with Gasteiger partial charge < -0.3 is 10.1 Å². The smallest absolute Gasteiger partial charge is 0.294 e. The summed E-state index contributed by atoms with van der Waals surface area (Å²) < 4.78 is 7.53. The second kappa shape index (κ2) is 10.6. The largest absolute Gasteiger partial charge is 0.492 e. The van der Waals surface area contributed by atoms with Gasteiger partial charge >= 0.3 is 0 Å². The fraction of sp³-hybridized carbons (Fsp3) is 0.227. The Labute approximate surface area is 207 Å². The summed E-state index contributed by atoms with van der Waals surface area (Å²) in [4.78, 5) is 38.5. The van der Waals surface area contributed by atoms with Crippen LogP contribution in [0.15, 0.2) is 51.8 Å². The summed E-state index contributed by atoms with van der Waals surface area (Å²) in [5, 5.41) is 2.23. The minimum absolute atomic E-state index is 0.273. The van der Waals surface area contributed by atoms with Crippen molar-refractivity contribution in [2.24, 2.45) is 5.92 Å². The molecular weight excluding hydrogens is 595 g/mol. The zero-order chi connectivity index (χ0) is 22.5. The van der Waals surface area contributed by atoms with Gasteiger partial charge in [0.05, 0.1) is 16.0 Å². The second-order valence-electron chi connectivity index (χ2n) is 7.22.